The van der Waals surface area contributed by atoms with Crippen LogP contribution in [0.4, 0.5) is 0 Å². The Morgan fingerprint density at radius 1 is 1.32 bits per heavy atom. The maximum absolute atomic E-state index is 11.7. The van der Waals surface area contributed by atoms with Crippen molar-refractivity contribution < 1.29 is 9.53 Å². The molecular formula is C18H25N5O2. The van der Waals surface area contributed by atoms with Crippen LogP contribution in [-0.4, -0.2) is 39.3 Å². The van der Waals surface area contributed by atoms with Gasteiger partial charge in [-0.05, 0) is 50.5 Å². The molecule has 4 rings (SSSR count). The SMILES string of the molecule is CCOC(=O)CC1CCC(C2c3c4ccnc-4ncn3NN2C)CC1. The van der Waals surface area contributed by atoms with Gasteiger partial charge in [0.25, 0.3) is 0 Å². The number of hydrogen-bond acceptors (Lipinski definition) is 6. The van der Waals surface area contributed by atoms with Gasteiger partial charge in [0.05, 0.1) is 18.3 Å². The monoisotopic (exact) mass is 343 g/mol. The molecule has 0 aromatic heterocycles. The van der Waals surface area contributed by atoms with Crippen LogP contribution in [0.3, 0.4) is 0 Å². The molecule has 1 aliphatic carbocycles. The topological polar surface area (TPSA) is 72.3 Å². The lowest BCUT2D eigenvalue weighted by atomic mass is 9.76. The van der Waals surface area contributed by atoms with E-state index in [2.05, 4.69) is 27.6 Å². The largest absolute Gasteiger partial charge is 0.466 e. The van der Waals surface area contributed by atoms with Gasteiger partial charge in [-0.3, -0.25) is 10.3 Å². The lowest BCUT2D eigenvalue weighted by Crippen LogP contribution is -2.32. The van der Waals surface area contributed by atoms with E-state index in [1.165, 1.54) is 5.69 Å². The van der Waals surface area contributed by atoms with Gasteiger partial charge in [0, 0.05) is 25.2 Å². The highest BCUT2D eigenvalue weighted by Crippen LogP contribution is 2.44. The van der Waals surface area contributed by atoms with Crippen LogP contribution in [0.5, 0.6) is 0 Å². The van der Waals surface area contributed by atoms with E-state index in [0.29, 0.717) is 30.9 Å². The van der Waals surface area contributed by atoms with Crippen molar-refractivity contribution in [2.75, 3.05) is 19.2 Å². The zero-order chi connectivity index (χ0) is 17.4. The quantitative estimate of drug-likeness (QED) is 0.860. The van der Waals surface area contributed by atoms with Gasteiger partial charge in [-0.25, -0.2) is 19.7 Å². The van der Waals surface area contributed by atoms with Crippen LogP contribution in [0.25, 0.3) is 11.4 Å². The first kappa shape index (κ1) is 16.3. The standard InChI is InChI=1S/C18H25N5O2/c1-3-25-15(24)10-12-4-6-13(7-5-12)16-17-14-8-9-19-18(14)20-11-23(17)21-22(16)2/h8-9,11-13,16,21H,3-7,10H2,1-2H3. The van der Waals surface area contributed by atoms with Crippen LogP contribution in [0.2, 0.25) is 0 Å². The van der Waals surface area contributed by atoms with Crippen molar-refractivity contribution >= 4 is 5.97 Å². The molecule has 0 saturated heterocycles. The number of carbonyl (C=O) groups excluding carboxylic acids is 1. The van der Waals surface area contributed by atoms with Gasteiger partial charge in [0.2, 0.25) is 0 Å². The summed E-state index contributed by atoms with van der Waals surface area (Å²) in [5.74, 6) is 1.77. The van der Waals surface area contributed by atoms with E-state index in [1.807, 2.05) is 30.2 Å². The second-order valence-corrected chi connectivity index (χ2v) is 7.13. The van der Waals surface area contributed by atoms with E-state index in [9.17, 15) is 4.79 Å². The van der Waals surface area contributed by atoms with Crippen molar-refractivity contribution in [1.82, 2.24) is 19.7 Å². The summed E-state index contributed by atoms with van der Waals surface area (Å²) in [6.45, 7) is 2.33. The molecule has 3 heterocycles. The molecule has 1 unspecified atom stereocenters. The number of hydrazine groups is 1. The summed E-state index contributed by atoms with van der Waals surface area (Å²) in [6.07, 6.45) is 8.61. The van der Waals surface area contributed by atoms with Gasteiger partial charge in [-0.2, -0.15) is 0 Å². The van der Waals surface area contributed by atoms with Crippen molar-refractivity contribution in [3.8, 4) is 11.4 Å². The third-order valence-corrected chi connectivity index (χ3v) is 5.57. The highest BCUT2D eigenvalue weighted by molar-refractivity contribution is 5.69. The Kier molecular flexibility index (Phi) is 4.33. The predicted molar refractivity (Wildman–Crippen MR) is 93.2 cm³/mol. The molecule has 7 nitrogen and oxygen atoms in total. The van der Waals surface area contributed by atoms with Gasteiger partial charge in [0.1, 0.15) is 6.33 Å². The fourth-order valence-corrected chi connectivity index (χ4v) is 4.43. The first-order chi connectivity index (χ1) is 12.2. The number of fused-ring (bicyclic) bond motifs is 3. The molecular weight excluding hydrogens is 318 g/mol. The normalized spacial score (nSPS) is 26.4. The molecule has 134 valence electrons. The Morgan fingerprint density at radius 2 is 2.12 bits per heavy atom. The number of nitrogens with one attached hydrogen (secondary N) is 1. The lowest BCUT2D eigenvalue weighted by Gasteiger charge is -2.34. The van der Waals surface area contributed by atoms with Crippen molar-refractivity contribution in [2.24, 2.45) is 11.8 Å². The van der Waals surface area contributed by atoms with Gasteiger partial charge < -0.3 is 4.74 Å². The summed E-state index contributed by atoms with van der Waals surface area (Å²) in [5.41, 5.74) is 5.74. The van der Waals surface area contributed by atoms with Crippen LogP contribution < -0.4 is 5.53 Å². The van der Waals surface area contributed by atoms with E-state index in [1.54, 1.807) is 0 Å². The van der Waals surface area contributed by atoms with Crippen molar-refractivity contribution in [2.45, 2.75) is 45.1 Å². The maximum Gasteiger partial charge on any atom is 0.306 e. The highest BCUT2D eigenvalue weighted by Gasteiger charge is 2.39. The average Bonchev–Trinajstić information content (AvgIpc) is 3.19. The molecule has 0 radical (unpaired) electrons. The smallest absolute Gasteiger partial charge is 0.306 e. The zero-order valence-electron chi connectivity index (χ0n) is 14.8. The number of carbonyl (C=O) groups is 1. The first-order valence-electron chi connectivity index (χ1n) is 9.14. The number of ether oxygens (including phenoxy) is 1. The van der Waals surface area contributed by atoms with Crippen LogP contribution in [0, 0.1) is 11.8 Å². The summed E-state index contributed by atoms with van der Waals surface area (Å²) in [6, 6.07) is 2.35. The predicted octanol–water partition coefficient (Wildman–Crippen LogP) is 2.59. The number of esters is 1. The van der Waals surface area contributed by atoms with E-state index in [0.717, 1.165) is 37.1 Å². The summed E-state index contributed by atoms with van der Waals surface area (Å²) in [7, 11) is 2.09. The van der Waals surface area contributed by atoms with E-state index in [4.69, 9.17) is 4.74 Å². The number of aromatic nitrogens is 3. The maximum atomic E-state index is 11.7. The first-order valence-corrected chi connectivity index (χ1v) is 9.14. The molecule has 1 fully saturated rings. The molecule has 0 bridgehead atoms. The van der Waals surface area contributed by atoms with Gasteiger partial charge in [0.15, 0.2) is 5.82 Å². The van der Waals surface area contributed by atoms with Crippen molar-refractivity contribution in [3.63, 3.8) is 0 Å². The summed E-state index contributed by atoms with van der Waals surface area (Å²) in [5, 5.41) is 2.18. The zero-order valence-corrected chi connectivity index (χ0v) is 14.8. The Balaban J connectivity index is 1.48. The second kappa shape index (κ2) is 6.63. The third-order valence-electron chi connectivity index (χ3n) is 5.57. The molecule has 0 spiro atoms. The Hall–Kier alpha value is -2.15. The van der Waals surface area contributed by atoms with Crippen LogP contribution in [0.15, 0.2) is 18.6 Å². The van der Waals surface area contributed by atoms with Gasteiger partial charge >= 0.3 is 5.97 Å². The van der Waals surface area contributed by atoms with E-state index >= 15 is 0 Å². The van der Waals surface area contributed by atoms with Crippen molar-refractivity contribution in [1.29, 1.82) is 0 Å². The molecule has 3 aliphatic heterocycles. The van der Waals surface area contributed by atoms with Crippen molar-refractivity contribution in [3.05, 3.63) is 24.3 Å². The molecule has 1 atom stereocenters. The average molecular weight is 343 g/mol. The molecule has 1 N–H and O–H groups in total. The minimum atomic E-state index is -0.0536. The molecule has 7 heteroatoms. The summed E-state index contributed by atoms with van der Waals surface area (Å²) in [4.78, 5) is 20.5. The molecule has 4 aliphatic rings. The fourth-order valence-electron chi connectivity index (χ4n) is 4.43. The summed E-state index contributed by atoms with van der Waals surface area (Å²) < 4.78 is 7.11. The fraction of sp³-hybridized carbons (Fsp3) is 0.611. The Morgan fingerprint density at radius 3 is 2.88 bits per heavy atom. The molecule has 1 saturated carbocycles. The highest BCUT2D eigenvalue weighted by atomic mass is 16.5. The van der Waals surface area contributed by atoms with Crippen LogP contribution >= 0.6 is 0 Å². The lowest BCUT2D eigenvalue weighted by molar-refractivity contribution is -0.144. The molecule has 25 heavy (non-hydrogen) atoms. The Bertz CT molecular complexity index is 722. The van der Waals surface area contributed by atoms with Crippen LogP contribution in [0.1, 0.15) is 50.8 Å². The summed E-state index contributed by atoms with van der Waals surface area (Å²) >= 11 is 0. The molecule has 0 amide bonds. The minimum absolute atomic E-state index is 0.0536. The third kappa shape index (κ3) is 2.97. The molecule has 0 aromatic carbocycles. The Labute approximate surface area is 147 Å². The number of rotatable bonds is 4. The van der Waals surface area contributed by atoms with E-state index < -0.39 is 0 Å². The number of hydrogen-bond donors (Lipinski definition) is 1. The molecule has 0 aromatic rings. The minimum Gasteiger partial charge on any atom is -0.466 e. The second-order valence-electron chi connectivity index (χ2n) is 7.13. The van der Waals surface area contributed by atoms with Gasteiger partial charge in [-0.1, -0.05) is 0 Å². The van der Waals surface area contributed by atoms with Crippen LogP contribution in [-0.2, 0) is 9.53 Å². The number of nitrogens with zero attached hydrogens (tertiary/aromatic N) is 4. The van der Waals surface area contributed by atoms with Gasteiger partial charge in [-0.15, -0.1) is 0 Å². The van der Waals surface area contributed by atoms with E-state index in [-0.39, 0.29) is 5.97 Å².